The minimum absolute atomic E-state index is 0.0151. The molecule has 1 unspecified atom stereocenters. The molecule has 1 aromatic heterocycles. The van der Waals surface area contributed by atoms with Crippen molar-refractivity contribution in [2.45, 2.75) is 17.4 Å². The van der Waals surface area contributed by atoms with E-state index >= 15 is 0 Å². The molecule has 2 rings (SSSR count). The third kappa shape index (κ3) is 4.02. The maximum Gasteiger partial charge on any atom is 0.136 e. The van der Waals surface area contributed by atoms with Gasteiger partial charge in [-0.1, -0.05) is 17.3 Å². The standard InChI is InChI=1S/C12H16FN5S/c1-18-7-9(16-17-18)6-10(15-14)8-19-12-5-3-2-4-11(12)13/h2-5,7,10,15H,6,8,14H2,1H3. The molecule has 2 aromatic rings. The second-order valence-electron chi connectivity index (χ2n) is 4.19. The Bertz CT molecular complexity index is 530. The lowest BCUT2D eigenvalue weighted by atomic mass is 10.2. The van der Waals surface area contributed by atoms with E-state index in [1.807, 2.05) is 19.3 Å². The van der Waals surface area contributed by atoms with Crippen molar-refractivity contribution in [3.8, 4) is 0 Å². The van der Waals surface area contributed by atoms with Gasteiger partial charge in [-0.2, -0.15) is 0 Å². The van der Waals surface area contributed by atoms with Crippen LogP contribution in [0.3, 0.4) is 0 Å². The van der Waals surface area contributed by atoms with Gasteiger partial charge in [-0.25, -0.2) is 4.39 Å². The SMILES string of the molecule is Cn1cc(CC(CSc2ccccc2F)NN)nn1. The summed E-state index contributed by atoms with van der Waals surface area (Å²) in [6, 6.07) is 6.73. The lowest BCUT2D eigenvalue weighted by molar-refractivity contribution is 0.566. The van der Waals surface area contributed by atoms with Crippen molar-refractivity contribution in [2.75, 3.05) is 5.75 Å². The van der Waals surface area contributed by atoms with Crippen LogP contribution in [0.4, 0.5) is 4.39 Å². The fourth-order valence-corrected chi connectivity index (χ4v) is 2.63. The van der Waals surface area contributed by atoms with Crippen LogP contribution < -0.4 is 11.3 Å². The van der Waals surface area contributed by atoms with Crippen molar-refractivity contribution in [1.82, 2.24) is 20.4 Å². The van der Waals surface area contributed by atoms with Crippen LogP contribution in [0.1, 0.15) is 5.69 Å². The lowest BCUT2D eigenvalue weighted by Crippen LogP contribution is -2.38. The molecule has 1 aromatic carbocycles. The number of benzene rings is 1. The monoisotopic (exact) mass is 281 g/mol. The maximum atomic E-state index is 13.5. The maximum absolute atomic E-state index is 13.5. The number of nitrogens with one attached hydrogen (secondary N) is 1. The molecule has 0 aliphatic heterocycles. The highest BCUT2D eigenvalue weighted by atomic mass is 32.2. The van der Waals surface area contributed by atoms with Crippen LogP contribution in [0.15, 0.2) is 35.4 Å². The lowest BCUT2D eigenvalue weighted by Gasteiger charge is -2.14. The van der Waals surface area contributed by atoms with E-state index in [2.05, 4.69) is 15.7 Å². The van der Waals surface area contributed by atoms with Crippen LogP contribution in [-0.2, 0) is 13.5 Å². The zero-order chi connectivity index (χ0) is 13.7. The molecular formula is C12H16FN5S. The van der Waals surface area contributed by atoms with Gasteiger partial charge in [-0.3, -0.25) is 16.0 Å². The predicted octanol–water partition coefficient (Wildman–Crippen LogP) is 1.12. The number of rotatable bonds is 6. The molecule has 3 N–H and O–H groups in total. The highest BCUT2D eigenvalue weighted by Crippen LogP contribution is 2.22. The van der Waals surface area contributed by atoms with Crippen LogP contribution in [0.25, 0.3) is 0 Å². The topological polar surface area (TPSA) is 68.8 Å². The number of halogens is 1. The van der Waals surface area contributed by atoms with Gasteiger partial charge in [0.25, 0.3) is 0 Å². The average Bonchev–Trinajstić information content (AvgIpc) is 2.81. The number of nitrogens with zero attached hydrogens (tertiary/aromatic N) is 3. The van der Waals surface area contributed by atoms with E-state index in [0.717, 1.165) is 5.69 Å². The van der Waals surface area contributed by atoms with Gasteiger partial charge in [0, 0.05) is 36.4 Å². The Balaban J connectivity index is 1.91. The zero-order valence-corrected chi connectivity index (χ0v) is 11.4. The summed E-state index contributed by atoms with van der Waals surface area (Å²) in [5, 5.41) is 7.88. The summed E-state index contributed by atoms with van der Waals surface area (Å²) >= 11 is 1.43. The van der Waals surface area contributed by atoms with Gasteiger partial charge in [0.15, 0.2) is 0 Å². The summed E-state index contributed by atoms with van der Waals surface area (Å²) < 4.78 is 15.1. The summed E-state index contributed by atoms with van der Waals surface area (Å²) in [6.07, 6.45) is 2.50. The van der Waals surface area contributed by atoms with Crippen molar-refractivity contribution < 1.29 is 4.39 Å². The Kier molecular flexibility index (Phi) is 4.89. The van der Waals surface area contributed by atoms with Gasteiger partial charge in [0.1, 0.15) is 5.82 Å². The molecule has 0 bridgehead atoms. The van der Waals surface area contributed by atoms with Gasteiger partial charge in [-0.15, -0.1) is 16.9 Å². The average molecular weight is 281 g/mol. The van der Waals surface area contributed by atoms with Crippen molar-refractivity contribution >= 4 is 11.8 Å². The Morgan fingerprint density at radius 3 is 2.89 bits per heavy atom. The smallest absolute Gasteiger partial charge is 0.136 e. The Hall–Kier alpha value is -1.44. The van der Waals surface area contributed by atoms with Crippen molar-refractivity contribution in [2.24, 2.45) is 12.9 Å². The fourth-order valence-electron chi connectivity index (χ4n) is 1.66. The largest absolute Gasteiger partial charge is 0.271 e. The van der Waals surface area contributed by atoms with E-state index in [-0.39, 0.29) is 11.9 Å². The van der Waals surface area contributed by atoms with Crippen molar-refractivity contribution in [1.29, 1.82) is 0 Å². The number of thioether (sulfide) groups is 1. The molecule has 1 atom stereocenters. The number of hydrogen-bond donors (Lipinski definition) is 2. The second-order valence-corrected chi connectivity index (χ2v) is 5.25. The van der Waals surface area contributed by atoms with E-state index in [0.29, 0.717) is 17.1 Å². The van der Waals surface area contributed by atoms with Crippen LogP contribution >= 0.6 is 11.8 Å². The first-order valence-electron chi connectivity index (χ1n) is 5.87. The second kappa shape index (κ2) is 6.65. The first-order valence-corrected chi connectivity index (χ1v) is 6.86. The minimum atomic E-state index is -0.206. The molecule has 0 aliphatic rings. The molecule has 0 fully saturated rings. The van der Waals surface area contributed by atoms with Gasteiger partial charge in [0.05, 0.1) is 5.69 Å². The zero-order valence-electron chi connectivity index (χ0n) is 10.6. The van der Waals surface area contributed by atoms with Gasteiger partial charge < -0.3 is 0 Å². The summed E-state index contributed by atoms with van der Waals surface area (Å²) in [7, 11) is 1.81. The number of hydrazine groups is 1. The molecule has 0 saturated heterocycles. The van der Waals surface area contributed by atoms with Crippen LogP contribution in [0, 0.1) is 5.82 Å². The molecule has 5 nitrogen and oxygen atoms in total. The van der Waals surface area contributed by atoms with Gasteiger partial charge in [0.2, 0.25) is 0 Å². The Morgan fingerprint density at radius 2 is 2.26 bits per heavy atom. The normalized spacial score (nSPS) is 12.6. The Morgan fingerprint density at radius 1 is 1.47 bits per heavy atom. The van der Waals surface area contributed by atoms with Gasteiger partial charge in [-0.05, 0) is 12.1 Å². The summed E-state index contributed by atoms with van der Waals surface area (Å²) in [5.74, 6) is 5.97. The highest BCUT2D eigenvalue weighted by molar-refractivity contribution is 7.99. The minimum Gasteiger partial charge on any atom is -0.271 e. The summed E-state index contributed by atoms with van der Waals surface area (Å²) in [5.41, 5.74) is 3.59. The Labute approximate surface area is 115 Å². The molecule has 1 heterocycles. The van der Waals surface area contributed by atoms with E-state index in [4.69, 9.17) is 5.84 Å². The highest BCUT2D eigenvalue weighted by Gasteiger charge is 2.12. The fraction of sp³-hybridized carbons (Fsp3) is 0.333. The molecule has 0 radical (unpaired) electrons. The molecule has 102 valence electrons. The van der Waals surface area contributed by atoms with Crippen molar-refractivity contribution in [3.05, 3.63) is 42.0 Å². The number of aryl methyl sites for hydroxylation is 1. The third-order valence-corrected chi connectivity index (χ3v) is 3.83. The first-order chi connectivity index (χ1) is 9.19. The summed E-state index contributed by atoms with van der Waals surface area (Å²) in [6.45, 7) is 0. The van der Waals surface area contributed by atoms with Gasteiger partial charge >= 0.3 is 0 Å². The van der Waals surface area contributed by atoms with Crippen LogP contribution in [0.5, 0.6) is 0 Å². The molecular weight excluding hydrogens is 265 g/mol. The van der Waals surface area contributed by atoms with E-state index in [9.17, 15) is 4.39 Å². The van der Waals surface area contributed by atoms with Crippen LogP contribution in [0.2, 0.25) is 0 Å². The molecule has 0 spiro atoms. The quantitative estimate of drug-likeness (QED) is 0.472. The van der Waals surface area contributed by atoms with E-state index in [1.165, 1.54) is 17.8 Å². The number of hydrogen-bond acceptors (Lipinski definition) is 5. The van der Waals surface area contributed by atoms with Crippen LogP contribution in [-0.4, -0.2) is 26.8 Å². The molecule has 0 aliphatic carbocycles. The van der Waals surface area contributed by atoms with Crippen molar-refractivity contribution in [3.63, 3.8) is 0 Å². The number of nitrogens with two attached hydrogens (primary N) is 1. The molecule has 0 saturated carbocycles. The first kappa shape index (κ1) is 14.0. The third-order valence-electron chi connectivity index (χ3n) is 2.62. The molecule has 0 amide bonds. The molecule has 19 heavy (non-hydrogen) atoms. The summed E-state index contributed by atoms with van der Waals surface area (Å²) in [4.78, 5) is 0.627. The van der Waals surface area contributed by atoms with E-state index < -0.39 is 0 Å². The van der Waals surface area contributed by atoms with E-state index in [1.54, 1.807) is 16.8 Å². The number of aromatic nitrogens is 3. The molecule has 7 heteroatoms. The predicted molar refractivity (Wildman–Crippen MR) is 72.9 cm³/mol.